The third-order valence-corrected chi connectivity index (χ3v) is 6.71. The predicted octanol–water partition coefficient (Wildman–Crippen LogP) is 4.72. The van der Waals surface area contributed by atoms with E-state index in [0.29, 0.717) is 17.0 Å². The molecule has 166 valence electrons. The van der Waals surface area contributed by atoms with E-state index in [0.717, 1.165) is 20.3 Å². The van der Waals surface area contributed by atoms with Crippen LogP contribution in [0.4, 0.5) is 5.69 Å². The summed E-state index contributed by atoms with van der Waals surface area (Å²) in [5.74, 6) is -0.370. The first-order valence-corrected chi connectivity index (χ1v) is 12.8. The smallest absolute Gasteiger partial charge is 0.267 e. The van der Waals surface area contributed by atoms with Crippen molar-refractivity contribution >= 4 is 49.9 Å². The largest absolute Gasteiger partial charge is 0.271 e. The van der Waals surface area contributed by atoms with Crippen molar-refractivity contribution in [2.75, 3.05) is 10.6 Å². The number of hydrogen-bond acceptors (Lipinski definition) is 4. The van der Waals surface area contributed by atoms with E-state index in [9.17, 15) is 13.2 Å². The first-order valence-electron chi connectivity index (χ1n) is 9.87. The first kappa shape index (κ1) is 23.9. The number of anilines is 1. The molecule has 0 fully saturated rings. The van der Waals surface area contributed by atoms with Gasteiger partial charge in [-0.25, -0.2) is 13.8 Å². The summed E-state index contributed by atoms with van der Waals surface area (Å²) < 4.78 is 27.2. The summed E-state index contributed by atoms with van der Waals surface area (Å²) in [4.78, 5) is 12.5. The maximum atomic E-state index is 12.5. The summed E-state index contributed by atoms with van der Waals surface area (Å²) in [7, 11) is -3.50. The van der Waals surface area contributed by atoms with Crippen molar-refractivity contribution < 1.29 is 13.2 Å². The highest BCUT2D eigenvalue weighted by Gasteiger charge is 2.18. The van der Waals surface area contributed by atoms with Crippen LogP contribution >= 0.6 is 22.6 Å². The highest BCUT2D eigenvalue weighted by Crippen LogP contribution is 2.21. The summed E-state index contributed by atoms with van der Waals surface area (Å²) >= 11 is 2.23. The van der Waals surface area contributed by atoms with Gasteiger partial charge in [0, 0.05) is 9.13 Å². The minimum absolute atomic E-state index is 0.212. The van der Waals surface area contributed by atoms with E-state index in [2.05, 4.69) is 33.1 Å². The Hall–Kier alpha value is -2.72. The molecule has 0 aromatic heterocycles. The molecule has 0 unspecified atom stereocenters. The molecule has 0 spiro atoms. The Morgan fingerprint density at radius 3 is 2.06 bits per heavy atom. The van der Waals surface area contributed by atoms with Crippen LogP contribution in [-0.2, 0) is 16.6 Å². The minimum Gasteiger partial charge on any atom is -0.267 e. The second-order valence-electron chi connectivity index (χ2n) is 7.45. The molecule has 32 heavy (non-hydrogen) atoms. The number of amides is 1. The zero-order valence-electron chi connectivity index (χ0n) is 18.0. The van der Waals surface area contributed by atoms with Crippen molar-refractivity contribution in [1.82, 2.24) is 5.43 Å². The number of aryl methyl sites for hydroxylation is 1. The Kier molecular flexibility index (Phi) is 7.68. The molecule has 0 saturated heterocycles. The molecular weight excluding hydrogens is 537 g/mol. The SMILES string of the molecule is C/C(=N/NC(=O)c1ccc(N(Cc2ccc(C)cc2)S(C)(=O)=O)cc1)c1ccc(I)cc1. The molecule has 0 saturated carbocycles. The van der Waals surface area contributed by atoms with Crippen LogP contribution in [0.2, 0.25) is 0 Å². The molecule has 0 heterocycles. The normalized spacial score (nSPS) is 11.8. The van der Waals surface area contributed by atoms with Gasteiger partial charge in [0.25, 0.3) is 5.91 Å². The van der Waals surface area contributed by atoms with Crippen LogP contribution in [0.3, 0.4) is 0 Å². The van der Waals surface area contributed by atoms with Gasteiger partial charge in [-0.15, -0.1) is 0 Å². The molecule has 3 aromatic carbocycles. The molecule has 3 aromatic rings. The summed E-state index contributed by atoms with van der Waals surface area (Å²) in [6.07, 6.45) is 1.17. The van der Waals surface area contributed by atoms with E-state index < -0.39 is 10.0 Å². The van der Waals surface area contributed by atoms with Gasteiger partial charge < -0.3 is 0 Å². The van der Waals surface area contributed by atoms with Crippen molar-refractivity contribution in [1.29, 1.82) is 0 Å². The Balaban J connectivity index is 1.74. The third-order valence-electron chi connectivity index (χ3n) is 4.85. The van der Waals surface area contributed by atoms with Crippen LogP contribution in [0, 0.1) is 10.5 Å². The molecular formula is C24H24IN3O3S. The fourth-order valence-electron chi connectivity index (χ4n) is 2.99. The van der Waals surface area contributed by atoms with Gasteiger partial charge in [0.15, 0.2) is 0 Å². The van der Waals surface area contributed by atoms with E-state index >= 15 is 0 Å². The molecule has 0 atom stereocenters. The maximum Gasteiger partial charge on any atom is 0.271 e. The van der Waals surface area contributed by atoms with Gasteiger partial charge in [-0.05, 0) is 84.0 Å². The number of nitrogens with one attached hydrogen (secondary N) is 1. The molecule has 0 radical (unpaired) electrons. The highest BCUT2D eigenvalue weighted by atomic mass is 127. The Morgan fingerprint density at radius 2 is 1.50 bits per heavy atom. The number of hydrazone groups is 1. The fraction of sp³-hybridized carbons (Fsp3) is 0.167. The van der Waals surface area contributed by atoms with Gasteiger partial charge >= 0.3 is 0 Å². The van der Waals surface area contributed by atoms with Gasteiger partial charge in [0.1, 0.15) is 0 Å². The quantitative estimate of drug-likeness (QED) is 0.258. The average Bonchev–Trinajstić information content (AvgIpc) is 2.76. The molecule has 0 aliphatic heterocycles. The van der Waals surface area contributed by atoms with Crippen molar-refractivity contribution in [2.45, 2.75) is 20.4 Å². The lowest BCUT2D eigenvalue weighted by molar-refractivity contribution is 0.0955. The number of benzene rings is 3. The van der Waals surface area contributed by atoms with Crippen LogP contribution in [0.1, 0.15) is 34.0 Å². The number of carbonyl (C=O) groups excluding carboxylic acids is 1. The van der Waals surface area contributed by atoms with Crippen molar-refractivity contribution in [3.8, 4) is 0 Å². The van der Waals surface area contributed by atoms with Crippen molar-refractivity contribution in [2.24, 2.45) is 5.10 Å². The summed E-state index contributed by atoms with van der Waals surface area (Å²) in [6.45, 7) is 4.01. The van der Waals surface area contributed by atoms with Gasteiger partial charge in [-0.3, -0.25) is 9.10 Å². The molecule has 0 aliphatic rings. The van der Waals surface area contributed by atoms with Crippen LogP contribution in [0.25, 0.3) is 0 Å². The van der Waals surface area contributed by atoms with E-state index in [1.54, 1.807) is 24.3 Å². The second kappa shape index (κ2) is 10.3. The average molecular weight is 561 g/mol. The zero-order chi connectivity index (χ0) is 23.3. The van der Waals surface area contributed by atoms with Crippen LogP contribution < -0.4 is 9.73 Å². The van der Waals surface area contributed by atoms with Crippen LogP contribution in [0.15, 0.2) is 77.9 Å². The van der Waals surface area contributed by atoms with Crippen molar-refractivity contribution in [3.63, 3.8) is 0 Å². The molecule has 8 heteroatoms. The summed E-state index contributed by atoms with van der Waals surface area (Å²) in [5.41, 5.74) is 7.02. The predicted molar refractivity (Wildman–Crippen MR) is 137 cm³/mol. The van der Waals surface area contributed by atoms with E-state index in [1.807, 2.05) is 62.4 Å². The first-order chi connectivity index (χ1) is 15.1. The number of halogens is 1. The van der Waals surface area contributed by atoms with Crippen LogP contribution in [-0.4, -0.2) is 26.3 Å². The van der Waals surface area contributed by atoms with Gasteiger partial charge in [0.2, 0.25) is 10.0 Å². The summed E-state index contributed by atoms with van der Waals surface area (Å²) in [5, 5.41) is 4.17. The zero-order valence-corrected chi connectivity index (χ0v) is 21.0. The third kappa shape index (κ3) is 6.39. The number of nitrogens with zero attached hydrogens (tertiary/aromatic N) is 2. The molecule has 1 amide bonds. The lowest BCUT2D eigenvalue weighted by atomic mass is 10.1. The molecule has 0 aliphatic carbocycles. The summed E-state index contributed by atoms with van der Waals surface area (Å²) in [6, 6.07) is 22.0. The topological polar surface area (TPSA) is 78.8 Å². The molecule has 0 bridgehead atoms. The number of carbonyl (C=O) groups is 1. The number of sulfonamides is 1. The molecule has 1 N–H and O–H groups in total. The fourth-order valence-corrected chi connectivity index (χ4v) is 4.24. The number of rotatable bonds is 7. The van der Waals surface area contributed by atoms with E-state index in [1.165, 1.54) is 10.6 Å². The van der Waals surface area contributed by atoms with Gasteiger partial charge in [-0.1, -0.05) is 42.0 Å². The lowest BCUT2D eigenvalue weighted by Crippen LogP contribution is -2.29. The second-order valence-corrected chi connectivity index (χ2v) is 10.6. The highest BCUT2D eigenvalue weighted by molar-refractivity contribution is 14.1. The monoisotopic (exact) mass is 561 g/mol. The standard InChI is InChI=1S/C24H24IN3O3S/c1-17-4-6-19(7-5-17)16-28(32(3,30)31)23-14-10-21(11-15-23)24(29)27-26-18(2)20-8-12-22(25)13-9-20/h4-15H,16H2,1-3H3,(H,27,29)/b26-18-. The number of hydrogen-bond donors (Lipinski definition) is 1. The van der Waals surface area contributed by atoms with E-state index in [4.69, 9.17) is 0 Å². The Bertz CT molecular complexity index is 1220. The van der Waals surface area contributed by atoms with Gasteiger partial charge in [-0.2, -0.15) is 5.10 Å². The van der Waals surface area contributed by atoms with E-state index in [-0.39, 0.29) is 12.5 Å². The lowest BCUT2D eigenvalue weighted by Gasteiger charge is -2.22. The maximum absolute atomic E-state index is 12.5. The van der Waals surface area contributed by atoms with Crippen LogP contribution in [0.5, 0.6) is 0 Å². The molecule has 6 nitrogen and oxygen atoms in total. The van der Waals surface area contributed by atoms with Gasteiger partial charge in [0.05, 0.1) is 24.2 Å². The Morgan fingerprint density at radius 1 is 0.938 bits per heavy atom. The minimum atomic E-state index is -3.50. The van der Waals surface area contributed by atoms with Crippen molar-refractivity contribution in [3.05, 3.63) is 98.6 Å². The molecule has 3 rings (SSSR count). The Labute approximate surface area is 202 Å².